The summed E-state index contributed by atoms with van der Waals surface area (Å²) in [5, 5.41) is 6.92. The minimum Gasteiger partial charge on any atom is -0.449 e. The van der Waals surface area contributed by atoms with Crippen LogP contribution >= 0.6 is 11.6 Å². The average molecular weight is 402 g/mol. The molecule has 1 amide bonds. The Hall–Kier alpha value is -3.19. The maximum absolute atomic E-state index is 12.9. The van der Waals surface area contributed by atoms with Gasteiger partial charge in [-0.1, -0.05) is 29.8 Å². The summed E-state index contributed by atoms with van der Waals surface area (Å²) in [7, 11) is 0. The van der Waals surface area contributed by atoms with E-state index in [1.54, 1.807) is 19.1 Å². The van der Waals surface area contributed by atoms with Crippen LogP contribution < -0.4 is 5.32 Å². The summed E-state index contributed by atoms with van der Waals surface area (Å²) in [4.78, 5) is 24.8. The van der Waals surface area contributed by atoms with Crippen LogP contribution in [0.1, 0.15) is 23.0 Å². The summed E-state index contributed by atoms with van der Waals surface area (Å²) in [6.07, 6.45) is -1.09. The van der Waals surface area contributed by atoms with Gasteiger partial charge < -0.3 is 10.1 Å². The zero-order valence-electron chi connectivity index (χ0n) is 15.1. The van der Waals surface area contributed by atoms with Crippen molar-refractivity contribution in [2.45, 2.75) is 20.0 Å². The van der Waals surface area contributed by atoms with Gasteiger partial charge in [0.25, 0.3) is 5.91 Å². The molecule has 8 heteroatoms. The monoisotopic (exact) mass is 401 g/mol. The van der Waals surface area contributed by atoms with E-state index in [-0.39, 0.29) is 10.7 Å². The summed E-state index contributed by atoms with van der Waals surface area (Å²) < 4.78 is 19.6. The first kappa shape index (κ1) is 19.6. The van der Waals surface area contributed by atoms with E-state index < -0.39 is 23.8 Å². The number of halogens is 2. The number of ether oxygens (including phenoxy) is 1. The molecule has 0 aliphatic heterocycles. The number of amides is 1. The van der Waals surface area contributed by atoms with E-state index in [4.69, 9.17) is 16.3 Å². The first-order valence-corrected chi connectivity index (χ1v) is 8.82. The van der Waals surface area contributed by atoms with Gasteiger partial charge in [0.15, 0.2) is 6.10 Å². The summed E-state index contributed by atoms with van der Waals surface area (Å²) >= 11 is 6.33. The largest absolute Gasteiger partial charge is 0.449 e. The average Bonchev–Trinajstić information content (AvgIpc) is 2.98. The standard InChI is InChI=1S/C20H17ClFN3O3/c1-12-17(18(21)25(24-12)16-6-4-3-5-7-16)20(27)28-13(2)19(26)23-15-10-8-14(22)9-11-15/h3-11,13H,1-2H3,(H,23,26)/t13-/m0/s1. The zero-order valence-corrected chi connectivity index (χ0v) is 15.9. The Morgan fingerprint density at radius 2 is 1.79 bits per heavy atom. The lowest BCUT2D eigenvalue weighted by Gasteiger charge is -2.13. The van der Waals surface area contributed by atoms with Crippen molar-refractivity contribution in [1.29, 1.82) is 0 Å². The minimum absolute atomic E-state index is 0.0898. The smallest absolute Gasteiger partial charge is 0.344 e. The van der Waals surface area contributed by atoms with Crippen molar-refractivity contribution in [3.05, 3.63) is 76.8 Å². The number of benzene rings is 2. The number of rotatable bonds is 5. The fourth-order valence-corrected chi connectivity index (χ4v) is 2.87. The predicted octanol–water partition coefficient (Wildman–Crippen LogP) is 4.16. The Labute approximate surface area is 165 Å². The van der Waals surface area contributed by atoms with Crippen molar-refractivity contribution in [3.8, 4) is 5.69 Å². The van der Waals surface area contributed by atoms with E-state index in [1.807, 2.05) is 18.2 Å². The third-order valence-electron chi connectivity index (χ3n) is 3.97. The molecular weight excluding hydrogens is 385 g/mol. The molecule has 2 aromatic carbocycles. The van der Waals surface area contributed by atoms with Crippen molar-refractivity contribution < 1.29 is 18.7 Å². The highest BCUT2D eigenvalue weighted by Gasteiger charge is 2.26. The Balaban J connectivity index is 1.73. The SMILES string of the molecule is Cc1nn(-c2ccccc2)c(Cl)c1C(=O)O[C@@H](C)C(=O)Nc1ccc(F)cc1. The highest BCUT2D eigenvalue weighted by molar-refractivity contribution is 6.33. The van der Waals surface area contributed by atoms with Crippen molar-refractivity contribution >= 4 is 29.2 Å². The number of hydrogen-bond acceptors (Lipinski definition) is 4. The van der Waals surface area contributed by atoms with Crippen LogP contribution in [-0.2, 0) is 9.53 Å². The number of anilines is 1. The third kappa shape index (κ3) is 4.20. The predicted molar refractivity (Wildman–Crippen MR) is 103 cm³/mol. The molecule has 3 aromatic rings. The quantitative estimate of drug-likeness (QED) is 0.651. The minimum atomic E-state index is -1.09. The molecule has 1 N–H and O–H groups in total. The molecule has 1 heterocycles. The molecule has 0 aliphatic carbocycles. The van der Waals surface area contributed by atoms with Gasteiger partial charge in [-0.3, -0.25) is 4.79 Å². The molecule has 6 nitrogen and oxygen atoms in total. The molecule has 1 atom stereocenters. The van der Waals surface area contributed by atoms with Crippen LogP contribution in [0.15, 0.2) is 54.6 Å². The van der Waals surface area contributed by atoms with E-state index in [2.05, 4.69) is 10.4 Å². The Kier molecular flexibility index (Phi) is 5.75. The van der Waals surface area contributed by atoms with Crippen molar-refractivity contribution in [1.82, 2.24) is 9.78 Å². The number of nitrogens with one attached hydrogen (secondary N) is 1. The van der Waals surface area contributed by atoms with Crippen LogP contribution in [-0.4, -0.2) is 27.8 Å². The molecule has 3 rings (SSSR count). The van der Waals surface area contributed by atoms with E-state index in [9.17, 15) is 14.0 Å². The maximum atomic E-state index is 12.9. The van der Waals surface area contributed by atoms with Crippen LogP contribution in [0, 0.1) is 12.7 Å². The summed E-state index contributed by atoms with van der Waals surface area (Å²) in [5.74, 6) is -1.73. The van der Waals surface area contributed by atoms with Crippen molar-refractivity contribution in [2.75, 3.05) is 5.32 Å². The second kappa shape index (κ2) is 8.22. The van der Waals surface area contributed by atoms with Gasteiger partial charge in [-0.05, 0) is 50.2 Å². The first-order chi connectivity index (χ1) is 13.4. The van der Waals surface area contributed by atoms with E-state index >= 15 is 0 Å². The zero-order chi connectivity index (χ0) is 20.3. The Morgan fingerprint density at radius 3 is 2.43 bits per heavy atom. The van der Waals surface area contributed by atoms with Gasteiger partial charge in [-0.25, -0.2) is 13.9 Å². The van der Waals surface area contributed by atoms with Gasteiger partial charge in [0, 0.05) is 5.69 Å². The third-order valence-corrected chi connectivity index (χ3v) is 4.32. The number of carbonyl (C=O) groups is 2. The lowest BCUT2D eigenvalue weighted by molar-refractivity contribution is -0.123. The van der Waals surface area contributed by atoms with Crippen molar-refractivity contribution in [2.24, 2.45) is 0 Å². The molecule has 0 radical (unpaired) electrons. The van der Waals surface area contributed by atoms with Gasteiger partial charge in [-0.2, -0.15) is 5.10 Å². The number of para-hydroxylation sites is 1. The van der Waals surface area contributed by atoms with Crippen LogP contribution in [0.5, 0.6) is 0 Å². The van der Waals surface area contributed by atoms with E-state index in [0.717, 1.165) is 0 Å². The molecule has 0 bridgehead atoms. The molecule has 0 saturated heterocycles. The molecular formula is C20H17ClFN3O3. The molecule has 0 spiro atoms. The van der Waals surface area contributed by atoms with Crippen LogP contribution in [0.25, 0.3) is 5.69 Å². The van der Waals surface area contributed by atoms with Crippen LogP contribution in [0.2, 0.25) is 5.15 Å². The second-order valence-corrected chi connectivity index (χ2v) is 6.40. The summed E-state index contributed by atoms with van der Waals surface area (Å²) in [5.41, 5.74) is 1.55. The lowest BCUT2D eigenvalue weighted by atomic mass is 10.2. The highest BCUT2D eigenvalue weighted by Crippen LogP contribution is 2.24. The Bertz CT molecular complexity index is 1000. The highest BCUT2D eigenvalue weighted by atomic mass is 35.5. The molecule has 28 heavy (non-hydrogen) atoms. The number of hydrogen-bond donors (Lipinski definition) is 1. The van der Waals surface area contributed by atoms with E-state index in [0.29, 0.717) is 17.1 Å². The normalized spacial score (nSPS) is 11.7. The number of nitrogens with zero attached hydrogens (tertiary/aromatic N) is 2. The van der Waals surface area contributed by atoms with Crippen LogP contribution in [0.3, 0.4) is 0 Å². The van der Waals surface area contributed by atoms with Crippen molar-refractivity contribution in [3.63, 3.8) is 0 Å². The molecule has 144 valence electrons. The van der Waals surface area contributed by atoms with Gasteiger partial charge in [-0.15, -0.1) is 0 Å². The summed E-state index contributed by atoms with van der Waals surface area (Å²) in [6, 6.07) is 14.3. The molecule has 0 saturated carbocycles. The van der Waals surface area contributed by atoms with Gasteiger partial charge >= 0.3 is 5.97 Å². The van der Waals surface area contributed by atoms with Gasteiger partial charge in [0.05, 0.1) is 11.4 Å². The first-order valence-electron chi connectivity index (χ1n) is 8.44. The number of aromatic nitrogens is 2. The fourth-order valence-electron chi connectivity index (χ4n) is 2.52. The maximum Gasteiger partial charge on any atom is 0.344 e. The summed E-state index contributed by atoms with van der Waals surface area (Å²) in [6.45, 7) is 3.06. The molecule has 0 aliphatic rings. The number of esters is 1. The van der Waals surface area contributed by atoms with E-state index in [1.165, 1.54) is 35.9 Å². The number of carbonyl (C=O) groups excluding carboxylic acids is 2. The molecule has 0 fully saturated rings. The van der Waals surface area contributed by atoms with Crippen LogP contribution in [0.4, 0.5) is 10.1 Å². The fraction of sp³-hybridized carbons (Fsp3) is 0.150. The second-order valence-electron chi connectivity index (χ2n) is 6.04. The Morgan fingerprint density at radius 1 is 1.14 bits per heavy atom. The molecule has 1 aromatic heterocycles. The lowest BCUT2D eigenvalue weighted by Crippen LogP contribution is -2.30. The number of aryl methyl sites for hydroxylation is 1. The van der Waals surface area contributed by atoms with Gasteiger partial charge in [0.1, 0.15) is 16.5 Å². The topological polar surface area (TPSA) is 73.2 Å². The van der Waals surface area contributed by atoms with Gasteiger partial charge in [0.2, 0.25) is 0 Å². The molecule has 0 unspecified atom stereocenters.